The monoisotopic (exact) mass is 269 g/mol. The fourth-order valence-corrected chi connectivity index (χ4v) is 1.51. The zero-order chi connectivity index (χ0) is 14.3. The molecule has 0 saturated heterocycles. The van der Waals surface area contributed by atoms with Crippen molar-refractivity contribution >= 4 is 11.9 Å². The fraction of sp³-hybridized carbons (Fsp3) is 0.385. The van der Waals surface area contributed by atoms with Gasteiger partial charge in [0.2, 0.25) is 5.91 Å². The number of carbonyl (C=O) groups is 2. The molecule has 1 rings (SSSR count). The highest BCUT2D eigenvalue weighted by Gasteiger charge is 2.06. The van der Waals surface area contributed by atoms with E-state index < -0.39 is 11.8 Å². The van der Waals surface area contributed by atoms with Gasteiger partial charge < -0.3 is 15.2 Å². The molecule has 0 saturated carbocycles. The third-order valence-corrected chi connectivity index (χ3v) is 2.50. The molecular weight excluding hydrogens is 253 g/mol. The fourth-order valence-electron chi connectivity index (χ4n) is 1.51. The number of carboxylic acid groups (broad SMARTS) is 1. The molecule has 0 aliphatic rings. The van der Waals surface area contributed by atoms with Gasteiger partial charge in [-0.2, -0.15) is 0 Å². The molecule has 0 aliphatic carbocycles. The molecule has 0 bridgehead atoms. The summed E-state index contributed by atoms with van der Waals surface area (Å²) in [6.07, 6.45) is 0.396. The number of halogens is 1. The molecule has 0 radical (unpaired) electrons. The summed E-state index contributed by atoms with van der Waals surface area (Å²) in [5.74, 6) is -1.51. The Balaban J connectivity index is 2.37. The van der Waals surface area contributed by atoms with Crippen LogP contribution < -0.4 is 10.1 Å². The van der Waals surface area contributed by atoms with Gasteiger partial charge in [0.1, 0.15) is 0 Å². The van der Waals surface area contributed by atoms with Crippen molar-refractivity contribution in [2.24, 2.45) is 0 Å². The van der Waals surface area contributed by atoms with Crippen molar-refractivity contribution < 1.29 is 23.8 Å². The SMILES string of the molecule is COc1ccc(CNC(=O)CCCC(=O)O)cc1F. The minimum absolute atomic E-state index is 0.0371. The lowest BCUT2D eigenvalue weighted by Crippen LogP contribution is -2.22. The van der Waals surface area contributed by atoms with Crippen LogP contribution in [0.5, 0.6) is 5.75 Å². The van der Waals surface area contributed by atoms with Gasteiger partial charge in [-0.3, -0.25) is 9.59 Å². The molecule has 0 aliphatic heterocycles. The maximum atomic E-state index is 13.4. The number of nitrogens with one attached hydrogen (secondary N) is 1. The lowest BCUT2D eigenvalue weighted by Gasteiger charge is -2.07. The molecule has 1 aromatic carbocycles. The van der Waals surface area contributed by atoms with Crippen LogP contribution in [-0.4, -0.2) is 24.1 Å². The van der Waals surface area contributed by atoms with Crippen LogP contribution in [0.15, 0.2) is 18.2 Å². The van der Waals surface area contributed by atoms with Crippen LogP contribution in [0.2, 0.25) is 0 Å². The molecule has 19 heavy (non-hydrogen) atoms. The maximum absolute atomic E-state index is 13.4. The van der Waals surface area contributed by atoms with Gasteiger partial charge in [0.25, 0.3) is 0 Å². The van der Waals surface area contributed by atoms with Crippen LogP contribution in [0.25, 0.3) is 0 Å². The largest absolute Gasteiger partial charge is 0.494 e. The second-order valence-corrected chi connectivity index (χ2v) is 3.99. The number of methoxy groups -OCH3 is 1. The molecule has 5 nitrogen and oxygen atoms in total. The molecule has 0 unspecified atom stereocenters. The van der Waals surface area contributed by atoms with E-state index in [-0.39, 0.29) is 37.5 Å². The van der Waals surface area contributed by atoms with Gasteiger partial charge in [0, 0.05) is 19.4 Å². The molecule has 0 spiro atoms. The van der Waals surface area contributed by atoms with Crippen molar-refractivity contribution in [1.82, 2.24) is 5.32 Å². The number of hydrogen-bond donors (Lipinski definition) is 2. The van der Waals surface area contributed by atoms with E-state index in [0.29, 0.717) is 5.56 Å². The van der Waals surface area contributed by atoms with E-state index >= 15 is 0 Å². The number of aliphatic carboxylic acids is 1. The first-order valence-corrected chi connectivity index (χ1v) is 5.84. The molecule has 1 aromatic rings. The van der Waals surface area contributed by atoms with Crippen molar-refractivity contribution in [1.29, 1.82) is 0 Å². The van der Waals surface area contributed by atoms with Crippen molar-refractivity contribution in [3.05, 3.63) is 29.6 Å². The minimum Gasteiger partial charge on any atom is -0.494 e. The molecule has 0 atom stereocenters. The third kappa shape index (κ3) is 5.37. The molecule has 0 fully saturated rings. The molecule has 6 heteroatoms. The van der Waals surface area contributed by atoms with Gasteiger partial charge in [-0.1, -0.05) is 6.07 Å². The highest BCUT2D eigenvalue weighted by Crippen LogP contribution is 2.17. The van der Waals surface area contributed by atoms with E-state index in [9.17, 15) is 14.0 Å². The molecule has 1 amide bonds. The van der Waals surface area contributed by atoms with Crippen molar-refractivity contribution in [3.63, 3.8) is 0 Å². The Labute approximate surface area is 110 Å². The predicted molar refractivity (Wildman–Crippen MR) is 66.3 cm³/mol. The standard InChI is InChI=1S/C13H16FNO4/c1-19-11-6-5-9(7-10(11)14)8-15-12(16)3-2-4-13(17)18/h5-7H,2-4,8H2,1H3,(H,15,16)(H,17,18). The topological polar surface area (TPSA) is 75.6 Å². The number of benzene rings is 1. The van der Waals surface area contributed by atoms with E-state index in [1.54, 1.807) is 6.07 Å². The molecular formula is C13H16FNO4. The summed E-state index contributed by atoms with van der Waals surface area (Å²) in [5.41, 5.74) is 0.616. The van der Waals surface area contributed by atoms with Gasteiger partial charge in [-0.25, -0.2) is 4.39 Å². The summed E-state index contributed by atoms with van der Waals surface area (Å²) >= 11 is 0. The first kappa shape index (κ1) is 14.9. The van der Waals surface area contributed by atoms with Gasteiger partial charge in [-0.05, 0) is 24.1 Å². The van der Waals surface area contributed by atoms with Gasteiger partial charge >= 0.3 is 5.97 Å². The smallest absolute Gasteiger partial charge is 0.303 e. The lowest BCUT2D eigenvalue weighted by molar-refractivity contribution is -0.137. The minimum atomic E-state index is -0.926. The van der Waals surface area contributed by atoms with E-state index in [0.717, 1.165) is 0 Å². The van der Waals surface area contributed by atoms with Gasteiger partial charge in [0.15, 0.2) is 11.6 Å². The second-order valence-electron chi connectivity index (χ2n) is 3.99. The Hall–Kier alpha value is -2.11. The van der Waals surface area contributed by atoms with E-state index in [2.05, 4.69) is 5.32 Å². The number of ether oxygens (including phenoxy) is 1. The zero-order valence-corrected chi connectivity index (χ0v) is 10.6. The van der Waals surface area contributed by atoms with E-state index in [1.807, 2.05) is 0 Å². The summed E-state index contributed by atoms with van der Waals surface area (Å²) in [6, 6.07) is 4.43. The van der Waals surface area contributed by atoms with Gasteiger partial charge in [0.05, 0.1) is 7.11 Å². The van der Waals surface area contributed by atoms with Crippen molar-refractivity contribution in [2.75, 3.05) is 7.11 Å². The summed E-state index contributed by atoms with van der Waals surface area (Å²) in [6.45, 7) is 0.201. The number of rotatable bonds is 7. The van der Waals surface area contributed by atoms with Crippen LogP contribution in [0.3, 0.4) is 0 Å². The Bertz CT molecular complexity index is 462. The highest BCUT2D eigenvalue weighted by molar-refractivity contribution is 5.76. The number of carbonyl (C=O) groups excluding carboxylic acids is 1. The quantitative estimate of drug-likeness (QED) is 0.790. The Morgan fingerprint density at radius 3 is 2.68 bits per heavy atom. The normalized spacial score (nSPS) is 10.0. The lowest BCUT2D eigenvalue weighted by atomic mass is 10.2. The summed E-state index contributed by atoms with van der Waals surface area (Å²) < 4.78 is 18.1. The van der Waals surface area contributed by atoms with Gasteiger partial charge in [-0.15, -0.1) is 0 Å². The predicted octanol–water partition coefficient (Wildman–Crippen LogP) is 1.71. The molecule has 104 valence electrons. The Morgan fingerprint density at radius 1 is 1.37 bits per heavy atom. The maximum Gasteiger partial charge on any atom is 0.303 e. The Morgan fingerprint density at radius 2 is 2.11 bits per heavy atom. The zero-order valence-electron chi connectivity index (χ0n) is 10.6. The van der Waals surface area contributed by atoms with Crippen molar-refractivity contribution in [3.8, 4) is 5.75 Å². The number of hydrogen-bond acceptors (Lipinski definition) is 3. The van der Waals surface area contributed by atoms with Crippen LogP contribution in [0.4, 0.5) is 4.39 Å². The summed E-state index contributed by atoms with van der Waals surface area (Å²) in [4.78, 5) is 21.7. The van der Waals surface area contributed by atoms with E-state index in [1.165, 1.54) is 19.2 Å². The third-order valence-electron chi connectivity index (χ3n) is 2.50. The average molecular weight is 269 g/mol. The number of amides is 1. The average Bonchev–Trinajstić information content (AvgIpc) is 2.36. The first-order valence-electron chi connectivity index (χ1n) is 5.84. The van der Waals surface area contributed by atoms with Crippen LogP contribution in [0.1, 0.15) is 24.8 Å². The van der Waals surface area contributed by atoms with Crippen LogP contribution in [0, 0.1) is 5.82 Å². The van der Waals surface area contributed by atoms with E-state index in [4.69, 9.17) is 9.84 Å². The Kier molecular flexibility index (Phi) is 5.78. The van der Waals surface area contributed by atoms with Crippen LogP contribution >= 0.6 is 0 Å². The highest BCUT2D eigenvalue weighted by atomic mass is 19.1. The van der Waals surface area contributed by atoms with Crippen LogP contribution in [-0.2, 0) is 16.1 Å². The summed E-state index contributed by atoms with van der Waals surface area (Å²) in [5, 5.41) is 11.0. The van der Waals surface area contributed by atoms with Crippen molar-refractivity contribution in [2.45, 2.75) is 25.8 Å². The molecule has 0 aromatic heterocycles. The molecule has 0 heterocycles. The number of carboxylic acids is 1. The second kappa shape index (κ2) is 7.35. The molecule has 2 N–H and O–H groups in total. The first-order chi connectivity index (χ1) is 9.02. The summed E-state index contributed by atoms with van der Waals surface area (Å²) in [7, 11) is 1.38.